The molecule has 1 saturated heterocycles. The molecule has 0 bridgehead atoms. The van der Waals surface area contributed by atoms with Gasteiger partial charge >= 0.3 is 6.03 Å². The van der Waals surface area contributed by atoms with E-state index in [4.69, 9.17) is 0 Å². The zero-order chi connectivity index (χ0) is 15.5. The van der Waals surface area contributed by atoms with Crippen LogP contribution >= 0.6 is 0 Å². The number of urea groups is 1. The molecule has 0 aromatic carbocycles. The summed E-state index contributed by atoms with van der Waals surface area (Å²) in [6.07, 6.45) is 7.40. The molecule has 1 N–H and O–H groups in total. The maximum absolute atomic E-state index is 12.3. The number of carbonyl (C=O) groups is 1. The SMILES string of the molecule is CC1CS(=O)(=O)CCN1C(=O)NCC1(C)CCCCCC1. The Balaban J connectivity index is 1.87. The number of amides is 2. The van der Waals surface area contributed by atoms with Crippen LogP contribution in [-0.2, 0) is 9.84 Å². The van der Waals surface area contributed by atoms with E-state index in [2.05, 4.69) is 12.2 Å². The van der Waals surface area contributed by atoms with E-state index in [1.807, 2.05) is 6.92 Å². The summed E-state index contributed by atoms with van der Waals surface area (Å²) in [5.74, 6) is 0.166. The van der Waals surface area contributed by atoms with Crippen molar-refractivity contribution in [1.82, 2.24) is 10.2 Å². The third kappa shape index (κ3) is 4.59. The molecule has 2 amide bonds. The molecule has 0 aromatic heterocycles. The van der Waals surface area contributed by atoms with E-state index in [9.17, 15) is 13.2 Å². The highest BCUT2D eigenvalue weighted by Gasteiger charge is 2.32. The Bertz CT molecular complexity index is 467. The van der Waals surface area contributed by atoms with Crippen LogP contribution in [0.4, 0.5) is 4.79 Å². The summed E-state index contributed by atoms with van der Waals surface area (Å²) in [7, 11) is -2.97. The first-order chi connectivity index (χ1) is 9.81. The number of hydrogen-bond donors (Lipinski definition) is 1. The summed E-state index contributed by atoms with van der Waals surface area (Å²) >= 11 is 0. The van der Waals surface area contributed by atoms with Gasteiger partial charge in [0.2, 0.25) is 0 Å². The van der Waals surface area contributed by atoms with Crippen molar-refractivity contribution in [3.63, 3.8) is 0 Å². The van der Waals surface area contributed by atoms with E-state index >= 15 is 0 Å². The van der Waals surface area contributed by atoms with Crippen LogP contribution in [0.3, 0.4) is 0 Å². The van der Waals surface area contributed by atoms with Crippen LogP contribution in [0.2, 0.25) is 0 Å². The first-order valence-electron chi connectivity index (χ1n) is 8.06. The molecule has 122 valence electrons. The van der Waals surface area contributed by atoms with Crippen LogP contribution in [-0.4, -0.2) is 50.0 Å². The summed E-state index contributed by atoms with van der Waals surface area (Å²) in [5.41, 5.74) is 0.192. The Morgan fingerprint density at radius 1 is 1.24 bits per heavy atom. The van der Waals surface area contributed by atoms with Gasteiger partial charge in [-0.25, -0.2) is 13.2 Å². The van der Waals surface area contributed by atoms with Gasteiger partial charge in [0.1, 0.15) is 0 Å². The zero-order valence-corrected chi connectivity index (χ0v) is 14.0. The normalized spacial score (nSPS) is 28.7. The lowest BCUT2D eigenvalue weighted by Crippen LogP contribution is -2.54. The number of carbonyl (C=O) groups excluding carboxylic acids is 1. The van der Waals surface area contributed by atoms with Crippen molar-refractivity contribution in [3.8, 4) is 0 Å². The lowest BCUT2D eigenvalue weighted by atomic mass is 9.82. The molecule has 21 heavy (non-hydrogen) atoms. The second kappa shape index (κ2) is 6.55. The summed E-state index contributed by atoms with van der Waals surface area (Å²) in [6.45, 7) is 5.07. The van der Waals surface area contributed by atoms with Gasteiger partial charge in [-0.3, -0.25) is 0 Å². The van der Waals surface area contributed by atoms with Gasteiger partial charge in [0.25, 0.3) is 0 Å². The first-order valence-corrected chi connectivity index (χ1v) is 9.88. The lowest BCUT2D eigenvalue weighted by molar-refractivity contribution is 0.175. The van der Waals surface area contributed by atoms with Crippen molar-refractivity contribution in [2.24, 2.45) is 5.41 Å². The fourth-order valence-electron chi connectivity index (χ4n) is 3.45. The van der Waals surface area contributed by atoms with Gasteiger partial charge in [-0.1, -0.05) is 32.6 Å². The molecule has 1 heterocycles. The van der Waals surface area contributed by atoms with Crippen LogP contribution < -0.4 is 5.32 Å². The smallest absolute Gasteiger partial charge is 0.317 e. The van der Waals surface area contributed by atoms with E-state index in [0.717, 1.165) is 12.8 Å². The third-order valence-electron chi connectivity index (χ3n) is 4.91. The molecule has 2 rings (SSSR count). The highest BCUT2D eigenvalue weighted by Crippen LogP contribution is 2.33. The van der Waals surface area contributed by atoms with Crippen LogP contribution in [0.5, 0.6) is 0 Å². The van der Waals surface area contributed by atoms with Crippen LogP contribution in [0.25, 0.3) is 0 Å². The lowest BCUT2D eigenvalue weighted by Gasteiger charge is -2.35. The maximum Gasteiger partial charge on any atom is 0.317 e. The van der Waals surface area contributed by atoms with Gasteiger partial charge in [0.05, 0.1) is 11.5 Å². The van der Waals surface area contributed by atoms with Gasteiger partial charge in [0.15, 0.2) is 9.84 Å². The zero-order valence-electron chi connectivity index (χ0n) is 13.2. The average Bonchev–Trinajstić information content (AvgIpc) is 2.60. The fraction of sp³-hybridized carbons (Fsp3) is 0.933. The minimum atomic E-state index is -2.97. The molecule has 6 heteroatoms. The highest BCUT2D eigenvalue weighted by atomic mass is 32.2. The maximum atomic E-state index is 12.3. The van der Waals surface area contributed by atoms with Gasteiger partial charge in [0, 0.05) is 19.1 Å². The molecule has 1 aliphatic carbocycles. The average molecular weight is 316 g/mol. The number of sulfone groups is 1. The van der Waals surface area contributed by atoms with Crippen molar-refractivity contribution < 1.29 is 13.2 Å². The summed E-state index contributed by atoms with van der Waals surface area (Å²) in [4.78, 5) is 14.0. The first kappa shape index (κ1) is 16.6. The molecule has 1 aliphatic heterocycles. The second-order valence-corrected chi connectivity index (χ2v) is 9.27. The minimum Gasteiger partial charge on any atom is -0.337 e. The van der Waals surface area contributed by atoms with Gasteiger partial charge in [-0.05, 0) is 25.2 Å². The minimum absolute atomic E-state index is 0.0810. The number of nitrogens with zero attached hydrogens (tertiary/aromatic N) is 1. The molecule has 0 spiro atoms. The Hall–Kier alpha value is -0.780. The molecule has 2 aliphatic rings. The molecule has 0 aromatic rings. The van der Waals surface area contributed by atoms with Gasteiger partial charge in [-0.2, -0.15) is 0 Å². The summed E-state index contributed by atoms with van der Waals surface area (Å²) in [6, 6.07) is -0.339. The molecule has 1 atom stereocenters. The van der Waals surface area contributed by atoms with Crippen molar-refractivity contribution >= 4 is 15.9 Å². The third-order valence-corrected chi connectivity index (χ3v) is 6.70. The summed E-state index contributed by atoms with van der Waals surface area (Å²) in [5, 5.41) is 3.04. The van der Waals surface area contributed by atoms with Crippen molar-refractivity contribution in [2.75, 3.05) is 24.6 Å². The molecule has 5 nitrogen and oxygen atoms in total. The van der Waals surface area contributed by atoms with Crippen LogP contribution in [0, 0.1) is 5.41 Å². The van der Waals surface area contributed by atoms with E-state index in [0.29, 0.717) is 13.1 Å². The standard InChI is InChI=1S/C15H28N2O3S/c1-13-11-21(19,20)10-9-17(13)14(18)16-12-15(2)7-5-3-4-6-8-15/h13H,3-12H2,1-2H3,(H,16,18). The second-order valence-electron chi connectivity index (χ2n) is 7.04. The molecular weight excluding hydrogens is 288 g/mol. The van der Waals surface area contributed by atoms with Crippen molar-refractivity contribution in [2.45, 2.75) is 58.4 Å². The Morgan fingerprint density at radius 3 is 2.43 bits per heavy atom. The highest BCUT2D eigenvalue weighted by molar-refractivity contribution is 7.91. The van der Waals surface area contributed by atoms with Crippen LogP contribution in [0.15, 0.2) is 0 Å². The molecule has 1 saturated carbocycles. The monoisotopic (exact) mass is 316 g/mol. The largest absolute Gasteiger partial charge is 0.337 e. The number of hydrogen-bond acceptors (Lipinski definition) is 3. The van der Waals surface area contributed by atoms with Crippen LogP contribution in [0.1, 0.15) is 52.4 Å². The van der Waals surface area contributed by atoms with E-state index in [1.165, 1.54) is 25.7 Å². The Morgan fingerprint density at radius 2 is 1.86 bits per heavy atom. The van der Waals surface area contributed by atoms with Crippen molar-refractivity contribution in [3.05, 3.63) is 0 Å². The Labute approximate surface area is 128 Å². The molecule has 1 unspecified atom stereocenters. The quantitative estimate of drug-likeness (QED) is 0.794. The number of rotatable bonds is 2. The molecular formula is C15H28N2O3S. The fourth-order valence-corrected chi connectivity index (χ4v) is 5.01. The van der Waals surface area contributed by atoms with Gasteiger partial charge < -0.3 is 10.2 Å². The summed E-state index contributed by atoms with van der Waals surface area (Å²) < 4.78 is 23.1. The topological polar surface area (TPSA) is 66.5 Å². The van der Waals surface area contributed by atoms with E-state index < -0.39 is 9.84 Å². The van der Waals surface area contributed by atoms with E-state index in [1.54, 1.807) is 4.90 Å². The van der Waals surface area contributed by atoms with E-state index in [-0.39, 0.29) is 29.0 Å². The van der Waals surface area contributed by atoms with Gasteiger partial charge in [-0.15, -0.1) is 0 Å². The predicted octanol–water partition coefficient (Wildman–Crippen LogP) is 2.18. The predicted molar refractivity (Wildman–Crippen MR) is 84.0 cm³/mol. The number of nitrogens with one attached hydrogen (secondary N) is 1. The van der Waals surface area contributed by atoms with Crippen molar-refractivity contribution in [1.29, 1.82) is 0 Å². The molecule has 2 fully saturated rings. The Kier molecular flexibility index (Phi) is 5.17. The molecule has 0 radical (unpaired) electrons.